The second kappa shape index (κ2) is 16.0. The highest BCUT2D eigenvalue weighted by Gasteiger charge is 2.33. The van der Waals surface area contributed by atoms with Crippen LogP contribution in [0.25, 0.3) is 0 Å². The molecule has 2 heterocycles. The second-order valence-corrected chi connectivity index (χ2v) is 13.9. The number of urea groups is 1. The Morgan fingerprint density at radius 3 is 2.48 bits per heavy atom. The zero-order chi connectivity index (χ0) is 35.9. The van der Waals surface area contributed by atoms with E-state index in [1.165, 1.54) is 10.7 Å². The van der Waals surface area contributed by atoms with Crippen LogP contribution in [-0.2, 0) is 23.7 Å². The number of anilines is 2. The lowest BCUT2D eigenvalue weighted by atomic mass is 10.1. The van der Waals surface area contributed by atoms with Crippen molar-refractivity contribution in [3.8, 4) is 0 Å². The number of carbonyl (C=O) groups is 2. The van der Waals surface area contributed by atoms with Crippen molar-refractivity contribution in [2.45, 2.75) is 44.8 Å². The minimum absolute atomic E-state index is 0.0246. The number of amides is 3. The van der Waals surface area contributed by atoms with Gasteiger partial charge in [0.1, 0.15) is 0 Å². The standard InChI is InChI=1S/C33H34ClF3N7O5P/c34-30-14-9-23(19-29(30)33(35,36)37)20-38-40-32(46)44(28-12-10-27(11-13-28)42-15-2-1-3-16-42)31(45)25-7-4-6-24(18-25)21-43-22-26(39-41-43)8-5-17-50(47,48)49/h4,6-7,9-14,18-20,22H,1-3,5,8,15-17,21H2,(H,40,46)(H2,47,48,49). The maximum atomic E-state index is 14.0. The molecule has 4 aromatic rings. The average Bonchev–Trinajstić information content (AvgIpc) is 3.52. The zero-order valence-corrected chi connectivity index (χ0v) is 28.3. The lowest BCUT2D eigenvalue weighted by Crippen LogP contribution is -2.42. The maximum absolute atomic E-state index is 14.0. The predicted molar refractivity (Wildman–Crippen MR) is 183 cm³/mol. The number of carbonyl (C=O) groups excluding carboxylic acids is 2. The van der Waals surface area contributed by atoms with E-state index in [9.17, 15) is 27.3 Å². The summed E-state index contributed by atoms with van der Waals surface area (Å²) >= 11 is 5.70. The van der Waals surface area contributed by atoms with Crippen LogP contribution in [-0.4, -0.2) is 62.2 Å². The summed E-state index contributed by atoms with van der Waals surface area (Å²) in [5.74, 6) is -0.687. The Labute approximate surface area is 290 Å². The van der Waals surface area contributed by atoms with E-state index in [1.807, 2.05) is 12.1 Å². The summed E-state index contributed by atoms with van der Waals surface area (Å²) in [5.41, 5.74) is 3.79. The smallest absolute Gasteiger partial charge is 0.372 e. The number of alkyl halides is 3. The van der Waals surface area contributed by atoms with Gasteiger partial charge in [0.05, 0.1) is 40.9 Å². The van der Waals surface area contributed by atoms with Gasteiger partial charge >= 0.3 is 19.8 Å². The first kappa shape index (κ1) is 36.7. The molecule has 0 atom stereocenters. The molecule has 0 bridgehead atoms. The number of hydrogen-bond donors (Lipinski definition) is 3. The molecule has 1 aliphatic heterocycles. The first-order valence-electron chi connectivity index (χ1n) is 15.7. The fraction of sp³-hybridized carbons (Fsp3) is 0.303. The largest absolute Gasteiger partial charge is 0.417 e. The number of nitrogens with one attached hydrogen (secondary N) is 1. The van der Waals surface area contributed by atoms with Crippen molar-refractivity contribution in [3.63, 3.8) is 0 Å². The molecule has 3 amide bonds. The number of aryl methyl sites for hydroxylation is 1. The third kappa shape index (κ3) is 10.0. The Morgan fingerprint density at radius 1 is 1.04 bits per heavy atom. The highest BCUT2D eigenvalue weighted by molar-refractivity contribution is 7.51. The van der Waals surface area contributed by atoms with Gasteiger partial charge in [-0.1, -0.05) is 35.0 Å². The summed E-state index contributed by atoms with van der Waals surface area (Å²) in [6.07, 6.45) is 1.56. The highest BCUT2D eigenvalue weighted by Crippen LogP contribution is 2.36. The molecular weight excluding hydrogens is 698 g/mol. The molecule has 12 nitrogen and oxygen atoms in total. The fourth-order valence-corrected chi connectivity index (χ4v) is 6.25. The number of hydrogen-bond acceptors (Lipinski definition) is 7. The summed E-state index contributed by atoms with van der Waals surface area (Å²) in [4.78, 5) is 48.8. The monoisotopic (exact) mass is 731 g/mol. The molecule has 1 fully saturated rings. The summed E-state index contributed by atoms with van der Waals surface area (Å²) in [7, 11) is -4.11. The van der Waals surface area contributed by atoms with Gasteiger partial charge < -0.3 is 14.7 Å². The van der Waals surface area contributed by atoms with Gasteiger partial charge in [0.25, 0.3) is 5.91 Å². The number of piperidine rings is 1. The normalized spacial score (nSPS) is 13.8. The van der Waals surface area contributed by atoms with Gasteiger partial charge in [-0.15, -0.1) is 5.10 Å². The molecule has 50 heavy (non-hydrogen) atoms. The fourth-order valence-electron chi connectivity index (χ4n) is 5.46. The van der Waals surface area contributed by atoms with Crippen LogP contribution in [0.15, 0.2) is 78.0 Å². The van der Waals surface area contributed by atoms with Crippen molar-refractivity contribution < 1.29 is 37.1 Å². The third-order valence-electron chi connectivity index (χ3n) is 7.89. The zero-order valence-electron chi connectivity index (χ0n) is 26.6. The first-order valence-corrected chi connectivity index (χ1v) is 17.9. The van der Waals surface area contributed by atoms with Crippen molar-refractivity contribution in [3.05, 3.63) is 106 Å². The molecule has 17 heteroatoms. The summed E-state index contributed by atoms with van der Waals surface area (Å²) in [6, 6.07) is 15.7. The van der Waals surface area contributed by atoms with E-state index in [4.69, 9.17) is 21.4 Å². The van der Waals surface area contributed by atoms with Crippen LogP contribution >= 0.6 is 19.2 Å². The van der Waals surface area contributed by atoms with Crippen molar-refractivity contribution in [1.29, 1.82) is 0 Å². The van der Waals surface area contributed by atoms with Gasteiger partial charge in [0.2, 0.25) is 0 Å². The number of benzene rings is 3. The van der Waals surface area contributed by atoms with Gasteiger partial charge in [-0.3, -0.25) is 9.36 Å². The number of nitrogens with zero attached hydrogens (tertiary/aromatic N) is 6. The minimum Gasteiger partial charge on any atom is -0.372 e. The number of rotatable bonds is 11. The van der Waals surface area contributed by atoms with Crippen molar-refractivity contribution >= 4 is 48.7 Å². The quantitative estimate of drug-likeness (QED) is 0.0900. The predicted octanol–water partition coefficient (Wildman–Crippen LogP) is 6.49. The van der Waals surface area contributed by atoms with Crippen LogP contribution in [0.3, 0.4) is 0 Å². The van der Waals surface area contributed by atoms with Gasteiger partial charge in [0.15, 0.2) is 0 Å². The molecule has 0 unspecified atom stereocenters. The molecule has 1 aliphatic rings. The minimum atomic E-state index is -4.69. The van der Waals surface area contributed by atoms with Crippen LogP contribution in [0.5, 0.6) is 0 Å². The number of imide groups is 1. The number of hydrazone groups is 1. The molecule has 1 aromatic heterocycles. The highest BCUT2D eigenvalue weighted by atomic mass is 35.5. The van der Waals surface area contributed by atoms with E-state index < -0.39 is 36.3 Å². The van der Waals surface area contributed by atoms with Gasteiger partial charge in [-0.05, 0) is 91.8 Å². The Balaban J connectivity index is 1.36. The topological polar surface area (TPSA) is 153 Å². The summed E-state index contributed by atoms with van der Waals surface area (Å²) in [5, 5.41) is 11.5. The molecule has 0 radical (unpaired) electrons. The van der Waals surface area contributed by atoms with E-state index in [1.54, 1.807) is 42.6 Å². The number of aromatic nitrogens is 3. The Bertz CT molecular complexity index is 1890. The molecular formula is C33H34ClF3N7O5P. The van der Waals surface area contributed by atoms with E-state index in [-0.39, 0.29) is 35.9 Å². The van der Waals surface area contributed by atoms with Gasteiger partial charge in [-0.25, -0.2) is 19.8 Å². The van der Waals surface area contributed by atoms with Crippen molar-refractivity contribution in [2.75, 3.05) is 29.1 Å². The van der Waals surface area contributed by atoms with Crippen molar-refractivity contribution in [1.82, 2.24) is 20.4 Å². The van der Waals surface area contributed by atoms with Crippen LogP contribution in [0.1, 0.15) is 58.4 Å². The van der Waals surface area contributed by atoms with Gasteiger partial charge in [0, 0.05) is 30.5 Å². The molecule has 5 rings (SSSR count). The lowest BCUT2D eigenvalue weighted by molar-refractivity contribution is -0.137. The van der Waals surface area contributed by atoms with E-state index >= 15 is 0 Å². The summed E-state index contributed by atoms with van der Waals surface area (Å²) in [6.45, 7) is 2.01. The average molecular weight is 732 g/mol. The van der Waals surface area contributed by atoms with E-state index in [0.717, 1.165) is 61.3 Å². The molecule has 0 spiro atoms. The Kier molecular flexibility index (Phi) is 11.7. The van der Waals surface area contributed by atoms with E-state index in [2.05, 4.69) is 25.7 Å². The molecule has 0 aliphatic carbocycles. The van der Waals surface area contributed by atoms with Crippen LogP contribution < -0.4 is 15.2 Å². The molecule has 3 N–H and O–H groups in total. The van der Waals surface area contributed by atoms with Crippen molar-refractivity contribution in [2.24, 2.45) is 5.10 Å². The van der Waals surface area contributed by atoms with Gasteiger partial charge in [-0.2, -0.15) is 18.3 Å². The maximum Gasteiger partial charge on any atom is 0.417 e. The Hall–Kier alpha value is -4.56. The first-order chi connectivity index (χ1) is 23.8. The van der Waals surface area contributed by atoms with Crippen LogP contribution in [0.2, 0.25) is 5.02 Å². The SMILES string of the molecule is O=C(NN=Cc1ccc(Cl)c(C(F)(F)F)c1)N(C(=O)c1cccc(Cn2cc(CCCP(=O)(O)O)nn2)c1)c1ccc(N2CCCCC2)cc1. The lowest BCUT2D eigenvalue weighted by Gasteiger charge is -2.29. The van der Waals surface area contributed by atoms with Crippen LogP contribution in [0, 0.1) is 0 Å². The molecule has 0 saturated carbocycles. The molecule has 1 saturated heterocycles. The van der Waals surface area contributed by atoms with E-state index in [0.29, 0.717) is 17.7 Å². The molecule has 3 aromatic carbocycles. The van der Waals surface area contributed by atoms with Crippen LogP contribution in [0.4, 0.5) is 29.3 Å². The Morgan fingerprint density at radius 2 is 1.78 bits per heavy atom. The second-order valence-electron chi connectivity index (χ2n) is 11.7. The summed E-state index contributed by atoms with van der Waals surface area (Å²) < 4.78 is 52.6. The number of halogens is 4. The third-order valence-corrected chi connectivity index (χ3v) is 9.12. The molecule has 264 valence electrons.